The van der Waals surface area contributed by atoms with Crippen molar-refractivity contribution in [3.63, 3.8) is 0 Å². The van der Waals surface area contributed by atoms with Crippen LogP contribution in [0.3, 0.4) is 0 Å². The highest BCUT2D eigenvalue weighted by molar-refractivity contribution is 5.65. The molecule has 0 fully saturated rings. The summed E-state index contributed by atoms with van der Waals surface area (Å²) >= 11 is 0. The van der Waals surface area contributed by atoms with E-state index in [1.165, 1.54) is 0 Å². The molecule has 4 heteroatoms. The van der Waals surface area contributed by atoms with Crippen LogP contribution in [0, 0.1) is 20.8 Å². The third-order valence-corrected chi connectivity index (χ3v) is 4.17. The Labute approximate surface area is 164 Å². The van der Waals surface area contributed by atoms with Gasteiger partial charge in [-0.15, -0.1) is 0 Å². The average molecular weight is 372 g/mol. The maximum atomic E-state index is 12.6. The molecule has 0 saturated heterocycles. The van der Waals surface area contributed by atoms with Crippen molar-refractivity contribution < 1.29 is 0 Å². The Bertz CT molecular complexity index is 874. The fourth-order valence-electron chi connectivity index (χ4n) is 2.83. The SMILES string of the molecule is CC.CC.CC.CCn1c(C)c(C)c(=O)n2c(C)c(-c3ccccc3)nc12. The molecular weight excluding hydrogens is 334 g/mol. The fourth-order valence-corrected chi connectivity index (χ4v) is 2.83. The van der Waals surface area contributed by atoms with Gasteiger partial charge in [0.05, 0.1) is 11.4 Å². The summed E-state index contributed by atoms with van der Waals surface area (Å²) in [6.07, 6.45) is 0. The van der Waals surface area contributed by atoms with Gasteiger partial charge in [-0.1, -0.05) is 71.9 Å². The maximum Gasteiger partial charge on any atom is 0.262 e. The lowest BCUT2D eigenvalue weighted by atomic mass is 10.1. The first kappa shape index (κ1) is 24.6. The molecule has 2 heterocycles. The van der Waals surface area contributed by atoms with Crippen LogP contribution in [-0.4, -0.2) is 14.0 Å². The van der Waals surface area contributed by atoms with Gasteiger partial charge in [-0.3, -0.25) is 4.79 Å². The summed E-state index contributed by atoms with van der Waals surface area (Å²) in [5, 5.41) is 0. The van der Waals surface area contributed by atoms with Crippen molar-refractivity contribution in [2.75, 3.05) is 0 Å². The topological polar surface area (TPSA) is 39.3 Å². The van der Waals surface area contributed by atoms with Crippen LogP contribution in [0.1, 0.15) is 65.4 Å². The average Bonchev–Trinajstić information content (AvgIpc) is 3.09. The molecular formula is C23H37N3O. The van der Waals surface area contributed by atoms with E-state index in [0.29, 0.717) is 0 Å². The molecule has 2 aromatic heterocycles. The van der Waals surface area contributed by atoms with Gasteiger partial charge in [0, 0.05) is 23.4 Å². The minimum Gasteiger partial charge on any atom is -0.315 e. The van der Waals surface area contributed by atoms with E-state index in [1.54, 1.807) is 4.40 Å². The molecule has 150 valence electrons. The highest BCUT2D eigenvalue weighted by Gasteiger charge is 2.17. The Balaban J connectivity index is 0.00000103. The van der Waals surface area contributed by atoms with Crippen LogP contribution in [0.2, 0.25) is 0 Å². The Morgan fingerprint density at radius 1 is 0.852 bits per heavy atom. The highest BCUT2D eigenvalue weighted by Crippen LogP contribution is 2.23. The van der Waals surface area contributed by atoms with Gasteiger partial charge in [-0.2, -0.15) is 0 Å². The largest absolute Gasteiger partial charge is 0.315 e. The van der Waals surface area contributed by atoms with Crippen molar-refractivity contribution >= 4 is 5.78 Å². The van der Waals surface area contributed by atoms with Gasteiger partial charge in [0.1, 0.15) is 0 Å². The van der Waals surface area contributed by atoms with E-state index in [-0.39, 0.29) is 5.56 Å². The molecule has 4 nitrogen and oxygen atoms in total. The minimum atomic E-state index is 0.0272. The van der Waals surface area contributed by atoms with Gasteiger partial charge in [0.15, 0.2) is 0 Å². The van der Waals surface area contributed by atoms with Crippen LogP contribution in [0.25, 0.3) is 17.0 Å². The van der Waals surface area contributed by atoms with E-state index in [1.807, 2.05) is 92.6 Å². The van der Waals surface area contributed by atoms with E-state index >= 15 is 0 Å². The van der Waals surface area contributed by atoms with Crippen LogP contribution in [-0.2, 0) is 6.54 Å². The zero-order valence-corrected chi connectivity index (χ0v) is 18.8. The smallest absolute Gasteiger partial charge is 0.262 e. The van der Waals surface area contributed by atoms with Gasteiger partial charge in [-0.05, 0) is 27.7 Å². The molecule has 3 aromatic rings. The Hall–Kier alpha value is -2.36. The lowest BCUT2D eigenvalue weighted by molar-refractivity contribution is 0.710. The summed E-state index contributed by atoms with van der Waals surface area (Å²) in [5.74, 6) is 0.724. The molecule has 0 aliphatic heterocycles. The van der Waals surface area contributed by atoms with Crippen molar-refractivity contribution in [2.45, 2.75) is 75.8 Å². The van der Waals surface area contributed by atoms with E-state index in [0.717, 1.165) is 40.5 Å². The second kappa shape index (κ2) is 12.1. The molecule has 27 heavy (non-hydrogen) atoms. The molecule has 0 aliphatic carbocycles. The molecule has 0 saturated carbocycles. The predicted octanol–water partition coefficient (Wildman–Crippen LogP) is 6.19. The zero-order chi connectivity index (χ0) is 21.1. The molecule has 0 unspecified atom stereocenters. The van der Waals surface area contributed by atoms with Crippen molar-refractivity contribution in [1.29, 1.82) is 0 Å². The van der Waals surface area contributed by atoms with E-state index in [4.69, 9.17) is 4.98 Å². The molecule has 1 aromatic carbocycles. The number of imidazole rings is 1. The third-order valence-electron chi connectivity index (χ3n) is 4.17. The summed E-state index contributed by atoms with van der Waals surface area (Å²) in [6, 6.07) is 10.0. The summed E-state index contributed by atoms with van der Waals surface area (Å²) in [4.78, 5) is 17.3. The van der Waals surface area contributed by atoms with Gasteiger partial charge < -0.3 is 4.57 Å². The van der Waals surface area contributed by atoms with Crippen LogP contribution in [0.4, 0.5) is 0 Å². The quantitative estimate of drug-likeness (QED) is 0.539. The van der Waals surface area contributed by atoms with Crippen LogP contribution in [0.15, 0.2) is 35.1 Å². The van der Waals surface area contributed by atoms with Crippen molar-refractivity contribution in [3.8, 4) is 11.3 Å². The molecule has 0 N–H and O–H groups in total. The minimum absolute atomic E-state index is 0.0272. The molecule has 0 radical (unpaired) electrons. The number of hydrogen-bond donors (Lipinski definition) is 0. The van der Waals surface area contributed by atoms with Crippen LogP contribution >= 0.6 is 0 Å². The summed E-state index contributed by atoms with van der Waals surface area (Å²) in [6.45, 7) is 20.7. The van der Waals surface area contributed by atoms with Crippen molar-refractivity contribution in [1.82, 2.24) is 14.0 Å². The van der Waals surface area contributed by atoms with E-state index in [9.17, 15) is 4.79 Å². The molecule has 3 rings (SSSR count). The van der Waals surface area contributed by atoms with Crippen molar-refractivity contribution in [3.05, 3.63) is 57.6 Å². The summed E-state index contributed by atoms with van der Waals surface area (Å²) in [7, 11) is 0. The lowest BCUT2D eigenvalue weighted by Crippen LogP contribution is -2.23. The number of hydrogen-bond acceptors (Lipinski definition) is 2. The van der Waals surface area contributed by atoms with E-state index < -0.39 is 0 Å². The first-order valence-corrected chi connectivity index (χ1v) is 10.2. The first-order chi connectivity index (χ1) is 13.1. The number of fused-ring (bicyclic) bond motifs is 1. The van der Waals surface area contributed by atoms with Gasteiger partial charge in [0.25, 0.3) is 5.56 Å². The Morgan fingerprint density at radius 3 is 1.85 bits per heavy atom. The number of rotatable bonds is 2. The lowest BCUT2D eigenvalue weighted by Gasteiger charge is -2.12. The van der Waals surface area contributed by atoms with Gasteiger partial charge >= 0.3 is 0 Å². The monoisotopic (exact) mass is 371 g/mol. The van der Waals surface area contributed by atoms with E-state index in [2.05, 4.69) is 11.5 Å². The maximum absolute atomic E-state index is 12.6. The second-order valence-electron chi connectivity index (χ2n) is 5.31. The molecule has 0 bridgehead atoms. The third kappa shape index (κ3) is 4.88. The highest BCUT2D eigenvalue weighted by atomic mass is 16.1. The van der Waals surface area contributed by atoms with Gasteiger partial charge in [0.2, 0.25) is 5.78 Å². The van der Waals surface area contributed by atoms with Crippen molar-refractivity contribution in [2.24, 2.45) is 0 Å². The van der Waals surface area contributed by atoms with Crippen LogP contribution < -0.4 is 5.56 Å². The Kier molecular flexibility index (Phi) is 11.0. The normalized spacial score (nSPS) is 9.41. The zero-order valence-electron chi connectivity index (χ0n) is 18.8. The number of benzene rings is 1. The second-order valence-corrected chi connectivity index (χ2v) is 5.31. The fraction of sp³-hybridized carbons (Fsp3) is 0.478. The Morgan fingerprint density at radius 2 is 1.37 bits per heavy atom. The molecule has 0 spiro atoms. The van der Waals surface area contributed by atoms with Gasteiger partial charge in [-0.25, -0.2) is 9.38 Å². The number of nitrogens with zero attached hydrogens (tertiary/aromatic N) is 3. The predicted molar refractivity (Wildman–Crippen MR) is 119 cm³/mol. The molecule has 0 atom stereocenters. The van der Waals surface area contributed by atoms with Crippen LogP contribution in [0.5, 0.6) is 0 Å². The first-order valence-electron chi connectivity index (χ1n) is 10.2. The number of aromatic nitrogens is 3. The standard InChI is InChI=1S/C17H19N3O.3C2H6/c1-5-19-12(3)11(2)16(21)20-13(4)15(18-17(19)20)14-9-7-6-8-10-14;3*1-2/h6-10H,5H2,1-4H3;3*1-2H3. The molecule has 0 amide bonds. The number of aryl methyl sites for hydroxylation is 2. The summed E-state index contributed by atoms with van der Waals surface area (Å²) < 4.78 is 3.82. The summed E-state index contributed by atoms with van der Waals surface area (Å²) in [5.41, 5.74) is 4.60. The molecule has 0 aliphatic rings.